The van der Waals surface area contributed by atoms with E-state index in [1.54, 1.807) is 0 Å². The van der Waals surface area contributed by atoms with Crippen LogP contribution in [-0.2, 0) is 4.74 Å². The van der Waals surface area contributed by atoms with Crippen molar-refractivity contribution in [2.45, 2.75) is 25.7 Å². The van der Waals surface area contributed by atoms with Gasteiger partial charge < -0.3 is 9.84 Å². The Kier molecular flexibility index (Phi) is 3.42. The van der Waals surface area contributed by atoms with Crippen molar-refractivity contribution in [1.29, 1.82) is 0 Å². The number of hydrogen-bond donors (Lipinski definition) is 1. The second kappa shape index (κ2) is 4.60. The molecule has 0 spiro atoms. The lowest BCUT2D eigenvalue weighted by Crippen LogP contribution is -2.44. The van der Waals surface area contributed by atoms with Gasteiger partial charge in [-0.1, -0.05) is 12.8 Å². The third-order valence-electron chi connectivity index (χ3n) is 3.66. The highest BCUT2D eigenvalue weighted by atomic mass is 16.5. The Morgan fingerprint density at radius 1 is 1.14 bits per heavy atom. The predicted octanol–water partition coefficient (Wildman–Crippen LogP) is 0.871. The summed E-state index contributed by atoms with van der Waals surface area (Å²) in [6.07, 6.45) is 5.01. The lowest BCUT2D eigenvalue weighted by Gasteiger charge is -2.35. The zero-order valence-corrected chi connectivity index (χ0v) is 8.87. The van der Waals surface area contributed by atoms with Crippen LogP contribution in [0.2, 0.25) is 0 Å². The number of rotatable bonds is 3. The highest BCUT2D eigenvalue weighted by molar-refractivity contribution is 4.87. The first kappa shape index (κ1) is 10.4. The van der Waals surface area contributed by atoms with E-state index in [-0.39, 0.29) is 5.41 Å². The average molecular weight is 199 g/mol. The zero-order valence-electron chi connectivity index (χ0n) is 8.87. The Bertz CT molecular complexity index is 172. The molecule has 1 heterocycles. The van der Waals surface area contributed by atoms with Gasteiger partial charge in [-0.25, -0.2) is 0 Å². The lowest BCUT2D eigenvalue weighted by atomic mass is 9.86. The highest BCUT2D eigenvalue weighted by Gasteiger charge is 2.35. The molecule has 0 atom stereocenters. The summed E-state index contributed by atoms with van der Waals surface area (Å²) >= 11 is 0. The van der Waals surface area contributed by atoms with E-state index in [1.807, 2.05) is 0 Å². The molecule has 2 rings (SSSR count). The van der Waals surface area contributed by atoms with E-state index in [4.69, 9.17) is 4.74 Å². The zero-order chi connectivity index (χ0) is 9.86. The van der Waals surface area contributed by atoms with Crippen LogP contribution in [-0.4, -0.2) is 49.5 Å². The molecule has 1 N–H and O–H groups in total. The molecule has 0 aromatic carbocycles. The molecular weight excluding hydrogens is 178 g/mol. The molecule has 0 unspecified atom stereocenters. The van der Waals surface area contributed by atoms with Crippen molar-refractivity contribution >= 4 is 0 Å². The second-order valence-corrected chi connectivity index (χ2v) is 4.75. The fourth-order valence-electron chi connectivity index (χ4n) is 2.72. The van der Waals surface area contributed by atoms with Gasteiger partial charge in [-0.3, -0.25) is 4.90 Å². The van der Waals surface area contributed by atoms with E-state index < -0.39 is 0 Å². The molecule has 0 amide bonds. The third-order valence-corrected chi connectivity index (χ3v) is 3.66. The topological polar surface area (TPSA) is 32.7 Å². The van der Waals surface area contributed by atoms with Gasteiger partial charge in [0.25, 0.3) is 0 Å². The lowest BCUT2D eigenvalue weighted by molar-refractivity contribution is 0.00306. The van der Waals surface area contributed by atoms with Crippen LogP contribution in [0.15, 0.2) is 0 Å². The van der Waals surface area contributed by atoms with Gasteiger partial charge in [0.1, 0.15) is 0 Å². The standard InChI is InChI=1S/C11H21NO2/c13-10-11(3-1-2-4-11)9-12-5-7-14-8-6-12/h13H,1-10H2. The highest BCUT2D eigenvalue weighted by Crippen LogP contribution is 2.38. The van der Waals surface area contributed by atoms with Crippen molar-refractivity contribution in [2.75, 3.05) is 39.5 Å². The van der Waals surface area contributed by atoms with Crippen LogP contribution < -0.4 is 0 Å². The Labute approximate surface area is 86.0 Å². The van der Waals surface area contributed by atoms with Gasteiger partial charge in [-0.2, -0.15) is 0 Å². The quantitative estimate of drug-likeness (QED) is 0.732. The summed E-state index contributed by atoms with van der Waals surface area (Å²) in [5.41, 5.74) is 0.220. The number of aliphatic hydroxyl groups is 1. The second-order valence-electron chi connectivity index (χ2n) is 4.75. The minimum Gasteiger partial charge on any atom is -0.396 e. The molecule has 2 aliphatic rings. The summed E-state index contributed by atoms with van der Waals surface area (Å²) in [7, 11) is 0. The van der Waals surface area contributed by atoms with E-state index in [9.17, 15) is 5.11 Å². The number of nitrogens with zero attached hydrogens (tertiary/aromatic N) is 1. The van der Waals surface area contributed by atoms with E-state index in [1.165, 1.54) is 25.7 Å². The van der Waals surface area contributed by atoms with Crippen molar-refractivity contribution in [1.82, 2.24) is 4.90 Å². The van der Waals surface area contributed by atoms with E-state index in [2.05, 4.69) is 4.90 Å². The van der Waals surface area contributed by atoms with Gasteiger partial charge in [0.2, 0.25) is 0 Å². The van der Waals surface area contributed by atoms with Crippen LogP contribution in [0.3, 0.4) is 0 Å². The Balaban J connectivity index is 1.86. The van der Waals surface area contributed by atoms with Crippen LogP contribution in [0.4, 0.5) is 0 Å². The van der Waals surface area contributed by atoms with E-state index in [0.717, 1.165) is 32.8 Å². The predicted molar refractivity (Wildman–Crippen MR) is 55.2 cm³/mol. The first-order valence-corrected chi connectivity index (χ1v) is 5.76. The molecule has 1 aliphatic carbocycles. The largest absolute Gasteiger partial charge is 0.396 e. The van der Waals surface area contributed by atoms with Crippen molar-refractivity contribution in [3.05, 3.63) is 0 Å². The fraction of sp³-hybridized carbons (Fsp3) is 1.00. The molecule has 1 aliphatic heterocycles. The number of morpholine rings is 1. The van der Waals surface area contributed by atoms with Gasteiger partial charge in [0, 0.05) is 31.7 Å². The van der Waals surface area contributed by atoms with Crippen LogP contribution in [0, 0.1) is 5.41 Å². The SMILES string of the molecule is OCC1(CN2CCOCC2)CCCC1. The number of ether oxygens (including phenoxy) is 1. The van der Waals surface area contributed by atoms with Crippen LogP contribution >= 0.6 is 0 Å². The molecule has 0 aromatic rings. The Morgan fingerprint density at radius 2 is 1.79 bits per heavy atom. The summed E-state index contributed by atoms with van der Waals surface area (Å²) in [6, 6.07) is 0. The van der Waals surface area contributed by atoms with E-state index in [0.29, 0.717) is 6.61 Å². The van der Waals surface area contributed by atoms with Crippen molar-refractivity contribution in [3.8, 4) is 0 Å². The maximum atomic E-state index is 9.49. The Hall–Kier alpha value is -0.120. The summed E-state index contributed by atoms with van der Waals surface area (Å²) in [5.74, 6) is 0. The molecule has 0 bridgehead atoms. The molecule has 3 nitrogen and oxygen atoms in total. The summed E-state index contributed by atoms with van der Waals surface area (Å²) in [6.45, 7) is 5.25. The van der Waals surface area contributed by atoms with Gasteiger partial charge >= 0.3 is 0 Å². The van der Waals surface area contributed by atoms with Gasteiger partial charge in [-0.15, -0.1) is 0 Å². The van der Waals surface area contributed by atoms with E-state index >= 15 is 0 Å². The first-order chi connectivity index (χ1) is 6.85. The van der Waals surface area contributed by atoms with Crippen molar-refractivity contribution in [3.63, 3.8) is 0 Å². The summed E-state index contributed by atoms with van der Waals surface area (Å²) in [4.78, 5) is 2.45. The van der Waals surface area contributed by atoms with Crippen LogP contribution in [0.25, 0.3) is 0 Å². The summed E-state index contributed by atoms with van der Waals surface area (Å²) < 4.78 is 5.33. The van der Waals surface area contributed by atoms with Gasteiger partial charge in [0.05, 0.1) is 13.2 Å². The number of aliphatic hydroxyl groups excluding tert-OH is 1. The third kappa shape index (κ3) is 2.27. The Morgan fingerprint density at radius 3 is 2.36 bits per heavy atom. The normalized spacial score (nSPS) is 28.1. The molecule has 2 fully saturated rings. The number of hydrogen-bond acceptors (Lipinski definition) is 3. The molecule has 82 valence electrons. The molecule has 1 saturated carbocycles. The molecule has 1 saturated heterocycles. The van der Waals surface area contributed by atoms with Crippen LogP contribution in [0.5, 0.6) is 0 Å². The smallest absolute Gasteiger partial charge is 0.0594 e. The van der Waals surface area contributed by atoms with Crippen molar-refractivity contribution in [2.24, 2.45) is 5.41 Å². The summed E-state index contributed by atoms with van der Waals surface area (Å²) in [5, 5.41) is 9.49. The molecule has 3 heteroatoms. The first-order valence-electron chi connectivity index (χ1n) is 5.76. The minimum absolute atomic E-state index is 0.220. The maximum Gasteiger partial charge on any atom is 0.0594 e. The molecule has 14 heavy (non-hydrogen) atoms. The molecule has 0 radical (unpaired) electrons. The maximum absolute atomic E-state index is 9.49. The molecule has 0 aromatic heterocycles. The molecular formula is C11H21NO2. The monoisotopic (exact) mass is 199 g/mol. The minimum atomic E-state index is 0.220. The van der Waals surface area contributed by atoms with Gasteiger partial charge in [0.15, 0.2) is 0 Å². The average Bonchev–Trinajstić information content (AvgIpc) is 2.69. The van der Waals surface area contributed by atoms with Crippen LogP contribution in [0.1, 0.15) is 25.7 Å². The van der Waals surface area contributed by atoms with Crippen molar-refractivity contribution < 1.29 is 9.84 Å². The fourth-order valence-corrected chi connectivity index (χ4v) is 2.72. The van der Waals surface area contributed by atoms with Gasteiger partial charge in [-0.05, 0) is 12.8 Å².